The van der Waals surface area contributed by atoms with Gasteiger partial charge in [-0.2, -0.15) is 0 Å². The van der Waals surface area contributed by atoms with E-state index < -0.39 is 11.6 Å². The van der Waals surface area contributed by atoms with Crippen molar-refractivity contribution in [1.82, 2.24) is 4.90 Å². The first-order valence-corrected chi connectivity index (χ1v) is 9.51. The molecule has 1 aromatic carbocycles. The molecule has 5 nitrogen and oxygen atoms in total. The van der Waals surface area contributed by atoms with E-state index in [1.54, 1.807) is 16.8 Å². The molecular weight excluding hydrogens is 328 g/mol. The Hall–Kier alpha value is -2.04. The second-order valence-electron chi connectivity index (χ2n) is 8.67. The summed E-state index contributed by atoms with van der Waals surface area (Å²) in [5, 5.41) is 0. The minimum atomic E-state index is -0.565. The number of aryl methyl sites for hydroxylation is 1. The molecule has 0 radical (unpaired) electrons. The molecule has 1 aliphatic carbocycles. The number of carbonyl (C=O) groups excluding carboxylic acids is 2. The summed E-state index contributed by atoms with van der Waals surface area (Å²) in [7, 11) is 1.80. The third-order valence-electron chi connectivity index (χ3n) is 5.49. The molecule has 2 fully saturated rings. The number of nitrogens with zero attached hydrogens (tertiary/aromatic N) is 2. The number of ether oxygens (including phenoxy) is 1. The zero-order chi connectivity index (χ0) is 19.1. The molecule has 1 heterocycles. The predicted molar refractivity (Wildman–Crippen MR) is 102 cm³/mol. The summed E-state index contributed by atoms with van der Waals surface area (Å²) in [6.45, 7) is 8.21. The molecule has 3 atom stereocenters. The van der Waals surface area contributed by atoms with Crippen molar-refractivity contribution in [2.24, 2.45) is 11.8 Å². The average Bonchev–Trinajstić information content (AvgIpc) is 3.12. The Bertz CT molecular complexity index is 695. The topological polar surface area (TPSA) is 49.9 Å². The number of benzene rings is 1. The lowest BCUT2D eigenvalue weighted by Crippen LogP contribution is -2.50. The van der Waals surface area contributed by atoms with Crippen LogP contribution in [0.25, 0.3) is 0 Å². The molecule has 1 saturated carbocycles. The van der Waals surface area contributed by atoms with Gasteiger partial charge < -0.3 is 9.64 Å². The van der Waals surface area contributed by atoms with Gasteiger partial charge in [-0.3, -0.25) is 9.69 Å². The van der Waals surface area contributed by atoms with Crippen molar-refractivity contribution in [2.45, 2.75) is 58.6 Å². The Kier molecular flexibility index (Phi) is 5.00. The predicted octanol–water partition coefficient (Wildman–Crippen LogP) is 3.99. The summed E-state index contributed by atoms with van der Waals surface area (Å²) < 4.78 is 5.59. The molecule has 2 aliphatic rings. The Labute approximate surface area is 156 Å². The van der Waals surface area contributed by atoms with E-state index in [0.717, 1.165) is 30.5 Å². The van der Waals surface area contributed by atoms with Crippen LogP contribution in [0.2, 0.25) is 0 Å². The molecule has 1 aromatic rings. The van der Waals surface area contributed by atoms with Gasteiger partial charge >= 0.3 is 6.09 Å². The molecule has 5 heteroatoms. The number of anilines is 1. The summed E-state index contributed by atoms with van der Waals surface area (Å²) in [6.07, 6.45) is 2.85. The smallest absolute Gasteiger partial charge is 0.410 e. The number of amides is 2. The molecule has 1 saturated heterocycles. The fourth-order valence-corrected chi connectivity index (χ4v) is 4.29. The SMILES string of the molecule is Cc1cccc(N(C)C(=O)[C@@H]2[C@@H]3CCC[C@@H]3CN2C(=O)OC(C)(C)C)c1. The van der Waals surface area contributed by atoms with Gasteiger partial charge in [0, 0.05) is 19.3 Å². The van der Waals surface area contributed by atoms with Crippen LogP contribution in [0.5, 0.6) is 0 Å². The molecule has 3 rings (SSSR count). The van der Waals surface area contributed by atoms with E-state index in [9.17, 15) is 9.59 Å². The first kappa shape index (κ1) is 18.7. The fraction of sp³-hybridized carbons (Fsp3) is 0.619. The van der Waals surface area contributed by atoms with Gasteiger partial charge in [0.2, 0.25) is 5.91 Å². The van der Waals surface area contributed by atoms with Gasteiger partial charge in [0.1, 0.15) is 11.6 Å². The fourth-order valence-electron chi connectivity index (χ4n) is 4.29. The second kappa shape index (κ2) is 6.93. The molecule has 142 valence electrons. The lowest BCUT2D eigenvalue weighted by Gasteiger charge is -2.32. The van der Waals surface area contributed by atoms with Gasteiger partial charge in [0.25, 0.3) is 0 Å². The quantitative estimate of drug-likeness (QED) is 0.803. The van der Waals surface area contributed by atoms with E-state index >= 15 is 0 Å². The number of hydrogen-bond donors (Lipinski definition) is 0. The molecule has 0 aromatic heterocycles. The molecule has 2 amide bonds. The van der Waals surface area contributed by atoms with Gasteiger partial charge in [-0.1, -0.05) is 18.6 Å². The monoisotopic (exact) mass is 358 g/mol. The number of rotatable bonds is 2. The van der Waals surface area contributed by atoms with Crippen LogP contribution in [0, 0.1) is 18.8 Å². The molecule has 0 spiro atoms. The van der Waals surface area contributed by atoms with Crippen molar-refractivity contribution >= 4 is 17.7 Å². The first-order chi connectivity index (χ1) is 12.2. The van der Waals surface area contributed by atoms with Crippen molar-refractivity contribution < 1.29 is 14.3 Å². The standard InChI is InChI=1S/C21H30N2O3/c1-14-8-6-10-16(12-14)22(5)19(24)18-17-11-7-9-15(17)13-23(18)20(25)26-21(2,3)4/h6,8,10,12,15,17-18H,7,9,11,13H2,1-5H3/t15-,17-,18+/m1/s1. The Morgan fingerprint density at radius 2 is 1.96 bits per heavy atom. The lowest BCUT2D eigenvalue weighted by molar-refractivity contribution is -0.123. The average molecular weight is 358 g/mol. The summed E-state index contributed by atoms with van der Waals surface area (Å²) in [4.78, 5) is 29.5. The van der Waals surface area contributed by atoms with E-state index in [2.05, 4.69) is 0 Å². The molecule has 0 N–H and O–H groups in total. The number of fused-ring (bicyclic) bond motifs is 1. The van der Waals surface area contributed by atoms with Crippen LogP contribution in [0.4, 0.5) is 10.5 Å². The first-order valence-electron chi connectivity index (χ1n) is 9.51. The highest BCUT2D eigenvalue weighted by molar-refractivity contribution is 5.99. The number of likely N-dealkylation sites (tertiary alicyclic amines) is 1. The summed E-state index contributed by atoms with van der Waals surface area (Å²) in [6, 6.07) is 7.47. The van der Waals surface area contributed by atoms with Crippen LogP contribution in [0.15, 0.2) is 24.3 Å². The summed E-state index contributed by atoms with van der Waals surface area (Å²) in [5.74, 6) is 0.625. The minimum absolute atomic E-state index is 0.0177. The molecule has 0 unspecified atom stereocenters. The summed E-state index contributed by atoms with van der Waals surface area (Å²) in [5.41, 5.74) is 1.40. The third kappa shape index (κ3) is 3.71. The van der Waals surface area contributed by atoms with Gasteiger partial charge in [-0.05, 0) is 70.1 Å². The van der Waals surface area contributed by atoms with E-state index in [4.69, 9.17) is 4.74 Å². The van der Waals surface area contributed by atoms with Crippen LogP contribution in [0.1, 0.15) is 45.6 Å². The minimum Gasteiger partial charge on any atom is -0.444 e. The van der Waals surface area contributed by atoms with Gasteiger partial charge in [0.15, 0.2) is 0 Å². The third-order valence-corrected chi connectivity index (χ3v) is 5.49. The number of carbonyl (C=O) groups is 2. The van der Waals surface area contributed by atoms with Crippen molar-refractivity contribution in [1.29, 1.82) is 0 Å². The number of hydrogen-bond acceptors (Lipinski definition) is 3. The highest BCUT2D eigenvalue weighted by Crippen LogP contribution is 2.43. The van der Waals surface area contributed by atoms with Crippen LogP contribution in [0.3, 0.4) is 0 Å². The molecular formula is C21H30N2O3. The molecule has 26 heavy (non-hydrogen) atoms. The van der Waals surface area contributed by atoms with Crippen molar-refractivity contribution in [3.05, 3.63) is 29.8 Å². The Morgan fingerprint density at radius 1 is 1.23 bits per heavy atom. The van der Waals surface area contributed by atoms with E-state index in [0.29, 0.717) is 12.5 Å². The Morgan fingerprint density at radius 3 is 2.62 bits per heavy atom. The highest BCUT2D eigenvalue weighted by atomic mass is 16.6. The summed E-state index contributed by atoms with van der Waals surface area (Å²) >= 11 is 0. The van der Waals surface area contributed by atoms with Crippen molar-refractivity contribution in [3.8, 4) is 0 Å². The van der Waals surface area contributed by atoms with Gasteiger partial charge in [0.05, 0.1) is 0 Å². The zero-order valence-electron chi connectivity index (χ0n) is 16.5. The molecule has 0 bridgehead atoms. The van der Waals surface area contributed by atoms with Crippen LogP contribution in [-0.4, -0.2) is 42.1 Å². The maximum absolute atomic E-state index is 13.4. The maximum Gasteiger partial charge on any atom is 0.410 e. The second-order valence-corrected chi connectivity index (χ2v) is 8.67. The highest BCUT2D eigenvalue weighted by Gasteiger charge is 2.51. The molecule has 1 aliphatic heterocycles. The number of likely N-dealkylation sites (N-methyl/N-ethyl adjacent to an activating group) is 1. The van der Waals surface area contributed by atoms with E-state index in [1.807, 2.05) is 52.0 Å². The Balaban J connectivity index is 1.85. The van der Waals surface area contributed by atoms with Crippen LogP contribution >= 0.6 is 0 Å². The maximum atomic E-state index is 13.4. The normalized spacial score (nSPS) is 25.1. The van der Waals surface area contributed by atoms with Crippen LogP contribution < -0.4 is 4.90 Å². The lowest BCUT2D eigenvalue weighted by atomic mass is 9.93. The van der Waals surface area contributed by atoms with Gasteiger partial charge in [-0.25, -0.2) is 4.79 Å². The van der Waals surface area contributed by atoms with Crippen molar-refractivity contribution in [2.75, 3.05) is 18.5 Å². The van der Waals surface area contributed by atoms with Gasteiger partial charge in [-0.15, -0.1) is 0 Å². The van der Waals surface area contributed by atoms with Crippen LogP contribution in [-0.2, 0) is 9.53 Å². The zero-order valence-corrected chi connectivity index (χ0v) is 16.5. The largest absolute Gasteiger partial charge is 0.444 e. The van der Waals surface area contributed by atoms with Crippen molar-refractivity contribution in [3.63, 3.8) is 0 Å². The van der Waals surface area contributed by atoms with E-state index in [1.165, 1.54) is 0 Å². The van der Waals surface area contributed by atoms with E-state index in [-0.39, 0.29) is 17.9 Å².